The van der Waals surface area contributed by atoms with E-state index < -0.39 is 18.3 Å². The van der Waals surface area contributed by atoms with Crippen LogP contribution in [0.25, 0.3) is 4.85 Å². The number of alkyl halides is 3. The number of hydrogen-bond acceptors (Lipinski definition) is 2. The molecule has 1 saturated heterocycles. The first-order valence-corrected chi connectivity index (χ1v) is 6.34. The summed E-state index contributed by atoms with van der Waals surface area (Å²) in [5, 5.41) is 9.47. The number of hydrogen-bond donors (Lipinski definition) is 1. The van der Waals surface area contributed by atoms with Crippen molar-refractivity contribution in [2.24, 2.45) is 0 Å². The Morgan fingerprint density at radius 1 is 1.45 bits per heavy atom. The molecular weight excluding hydrogens is 269 g/mol. The van der Waals surface area contributed by atoms with Gasteiger partial charge in [-0.15, -0.1) is 0 Å². The van der Waals surface area contributed by atoms with E-state index in [1.54, 1.807) is 30.0 Å². The average molecular weight is 284 g/mol. The molecule has 6 heteroatoms. The highest BCUT2D eigenvalue weighted by atomic mass is 19.4. The Kier molecular flexibility index (Phi) is 3.91. The minimum Gasteiger partial charge on any atom is -0.382 e. The maximum absolute atomic E-state index is 12.7. The molecule has 1 aromatic rings. The minimum atomic E-state index is -4.61. The molecule has 2 rings (SSSR count). The highest BCUT2D eigenvalue weighted by Crippen LogP contribution is 2.35. The van der Waals surface area contributed by atoms with Gasteiger partial charge in [0.05, 0.1) is 12.6 Å². The minimum absolute atomic E-state index is 0.310. The maximum Gasteiger partial charge on any atom is 0.416 e. The molecule has 1 unspecified atom stereocenters. The van der Waals surface area contributed by atoms with Crippen LogP contribution in [0.2, 0.25) is 0 Å². The lowest BCUT2D eigenvalue weighted by molar-refractivity contribution is -0.209. The summed E-state index contributed by atoms with van der Waals surface area (Å²) in [6.07, 6.45) is -6.03. The molecule has 2 atom stereocenters. The number of aliphatic hydroxyl groups excluding tert-OH is 1. The fraction of sp³-hybridized carbons (Fsp3) is 0.500. The van der Waals surface area contributed by atoms with E-state index in [0.29, 0.717) is 30.8 Å². The molecule has 1 aliphatic rings. The smallest absolute Gasteiger partial charge is 0.382 e. The van der Waals surface area contributed by atoms with Crippen molar-refractivity contribution in [1.82, 2.24) is 0 Å². The van der Waals surface area contributed by atoms with Gasteiger partial charge in [0.25, 0.3) is 0 Å². The van der Waals surface area contributed by atoms with Crippen molar-refractivity contribution >= 4 is 11.4 Å². The van der Waals surface area contributed by atoms with Gasteiger partial charge >= 0.3 is 6.18 Å². The van der Waals surface area contributed by atoms with Crippen molar-refractivity contribution in [1.29, 1.82) is 0 Å². The van der Waals surface area contributed by atoms with E-state index in [-0.39, 0.29) is 0 Å². The number of benzene rings is 1. The SMILES string of the molecule is [C-]#[N+]c1ccc(N2CCC[C@@H]2C(O)C(F)(F)F)cc1C. The Morgan fingerprint density at radius 2 is 2.15 bits per heavy atom. The molecule has 108 valence electrons. The van der Waals surface area contributed by atoms with E-state index in [9.17, 15) is 18.3 Å². The Morgan fingerprint density at radius 3 is 2.70 bits per heavy atom. The first-order valence-electron chi connectivity index (χ1n) is 6.34. The third-order valence-electron chi connectivity index (χ3n) is 3.63. The van der Waals surface area contributed by atoms with E-state index in [4.69, 9.17) is 6.57 Å². The average Bonchev–Trinajstić information content (AvgIpc) is 2.85. The molecule has 0 bridgehead atoms. The second-order valence-corrected chi connectivity index (χ2v) is 4.97. The molecule has 0 aromatic heterocycles. The Hall–Kier alpha value is -1.74. The van der Waals surface area contributed by atoms with Crippen LogP contribution in [0.4, 0.5) is 24.5 Å². The number of aryl methyl sites for hydroxylation is 1. The molecule has 1 fully saturated rings. The molecule has 1 aliphatic heterocycles. The first kappa shape index (κ1) is 14.7. The van der Waals surface area contributed by atoms with Gasteiger partial charge in [-0.3, -0.25) is 0 Å². The summed E-state index contributed by atoms with van der Waals surface area (Å²) in [6, 6.07) is 4.00. The summed E-state index contributed by atoms with van der Waals surface area (Å²) in [5.74, 6) is 0. The summed E-state index contributed by atoms with van der Waals surface area (Å²) in [7, 11) is 0. The monoisotopic (exact) mass is 284 g/mol. The van der Waals surface area contributed by atoms with Crippen LogP contribution in [-0.4, -0.2) is 30.0 Å². The number of halogens is 3. The maximum atomic E-state index is 12.7. The van der Waals surface area contributed by atoms with E-state index in [2.05, 4.69) is 4.85 Å². The highest BCUT2D eigenvalue weighted by molar-refractivity contribution is 5.61. The molecule has 3 nitrogen and oxygen atoms in total. The normalized spacial score (nSPS) is 20.8. The second kappa shape index (κ2) is 5.33. The number of aliphatic hydroxyl groups is 1. The van der Waals surface area contributed by atoms with Crippen LogP contribution < -0.4 is 4.90 Å². The van der Waals surface area contributed by atoms with Gasteiger partial charge in [-0.1, -0.05) is 6.07 Å². The van der Waals surface area contributed by atoms with Crippen molar-refractivity contribution in [3.05, 3.63) is 35.2 Å². The van der Waals surface area contributed by atoms with Crippen LogP contribution in [0, 0.1) is 13.5 Å². The summed E-state index contributed by atoms with van der Waals surface area (Å²) < 4.78 is 38.0. The van der Waals surface area contributed by atoms with Crippen molar-refractivity contribution in [2.75, 3.05) is 11.4 Å². The van der Waals surface area contributed by atoms with Gasteiger partial charge in [0.15, 0.2) is 11.8 Å². The quantitative estimate of drug-likeness (QED) is 0.843. The summed E-state index contributed by atoms with van der Waals surface area (Å²) >= 11 is 0. The molecule has 0 aliphatic carbocycles. The van der Waals surface area contributed by atoms with Crippen molar-refractivity contribution in [3.8, 4) is 0 Å². The molecular formula is C14H15F3N2O. The molecule has 1 aromatic carbocycles. The molecule has 1 N–H and O–H groups in total. The second-order valence-electron chi connectivity index (χ2n) is 4.97. The number of anilines is 1. The topological polar surface area (TPSA) is 27.8 Å². The van der Waals surface area contributed by atoms with E-state index in [1.165, 1.54) is 0 Å². The van der Waals surface area contributed by atoms with Gasteiger partial charge in [0, 0.05) is 12.2 Å². The van der Waals surface area contributed by atoms with Gasteiger partial charge in [-0.05, 0) is 37.5 Å². The van der Waals surface area contributed by atoms with Crippen molar-refractivity contribution in [3.63, 3.8) is 0 Å². The Labute approximate surface area is 115 Å². The fourth-order valence-electron chi connectivity index (χ4n) is 2.60. The Bertz CT molecular complexity index is 536. The van der Waals surface area contributed by atoms with E-state index >= 15 is 0 Å². The van der Waals surface area contributed by atoms with Gasteiger partial charge in [0.2, 0.25) is 0 Å². The van der Waals surface area contributed by atoms with Gasteiger partial charge in [0.1, 0.15) is 0 Å². The zero-order chi connectivity index (χ0) is 14.9. The highest BCUT2D eigenvalue weighted by Gasteiger charge is 2.47. The summed E-state index contributed by atoms with van der Waals surface area (Å²) in [6.45, 7) is 9.21. The van der Waals surface area contributed by atoms with E-state index in [1.807, 2.05) is 0 Å². The molecule has 20 heavy (non-hydrogen) atoms. The lowest BCUT2D eigenvalue weighted by atomic mass is 10.1. The summed E-state index contributed by atoms with van der Waals surface area (Å²) in [5.41, 5.74) is 1.84. The lowest BCUT2D eigenvalue weighted by Gasteiger charge is -2.31. The Balaban J connectivity index is 2.28. The van der Waals surface area contributed by atoms with Crippen molar-refractivity contribution in [2.45, 2.75) is 38.1 Å². The van der Waals surface area contributed by atoms with Gasteiger partial charge in [-0.2, -0.15) is 13.2 Å². The predicted molar refractivity (Wildman–Crippen MR) is 69.9 cm³/mol. The van der Waals surface area contributed by atoms with Crippen LogP contribution in [0.5, 0.6) is 0 Å². The molecule has 0 spiro atoms. The zero-order valence-electron chi connectivity index (χ0n) is 11.0. The number of rotatable bonds is 2. The van der Waals surface area contributed by atoms with E-state index in [0.717, 1.165) is 5.56 Å². The first-order chi connectivity index (χ1) is 9.34. The molecule has 0 saturated carbocycles. The van der Waals surface area contributed by atoms with Crippen LogP contribution >= 0.6 is 0 Å². The molecule has 0 radical (unpaired) electrons. The van der Waals surface area contributed by atoms with Crippen LogP contribution in [0.3, 0.4) is 0 Å². The fourth-order valence-corrected chi connectivity index (χ4v) is 2.60. The van der Waals surface area contributed by atoms with Gasteiger partial charge in [-0.25, -0.2) is 4.85 Å². The van der Waals surface area contributed by atoms with Crippen LogP contribution in [0.1, 0.15) is 18.4 Å². The van der Waals surface area contributed by atoms with Crippen molar-refractivity contribution < 1.29 is 18.3 Å². The van der Waals surface area contributed by atoms with Crippen LogP contribution in [0.15, 0.2) is 18.2 Å². The van der Waals surface area contributed by atoms with Crippen LogP contribution in [-0.2, 0) is 0 Å². The zero-order valence-corrected chi connectivity index (χ0v) is 11.0. The third kappa shape index (κ3) is 2.73. The standard InChI is InChI=1S/C14H15F3N2O/c1-9-8-10(5-6-11(9)18-2)19-7-3-4-12(19)13(20)14(15,16)17/h5-6,8,12-13,20H,3-4,7H2,1H3/t12-,13?/m1/s1. The van der Waals surface area contributed by atoms with Gasteiger partial charge < -0.3 is 10.0 Å². The predicted octanol–water partition coefficient (Wildman–Crippen LogP) is 3.44. The summed E-state index contributed by atoms with van der Waals surface area (Å²) in [4.78, 5) is 4.92. The third-order valence-corrected chi connectivity index (χ3v) is 3.63. The molecule has 0 amide bonds. The largest absolute Gasteiger partial charge is 0.416 e. The lowest BCUT2D eigenvalue weighted by Crippen LogP contribution is -2.47. The number of nitrogens with zero attached hydrogens (tertiary/aromatic N) is 2. The molecule has 1 heterocycles.